The number of aliphatic hydroxyl groups excluding tert-OH is 1. The SMILES string of the molecule is O=C(NCCCO)NC(c1cccc(F)c1)C1CCCC1. The fourth-order valence-electron chi connectivity index (χ4n) is 2.94. The van der Waals surface area contributed by atoms with Gasteiger partial charge in [0.1, 0.15) is 5.82 Å². The molecule has 2 rings (SSSR count). The number of nitrogens with one attached hydrogen (secondary N) is 2. The summed E-state index contributed by atoms with van der Waals surface area (Å²) in [4.78, 5) is 11.9. The van der Waals surface area contributed by atoms with E-state index in [0.29, 0.717) is 18.9 Å². The zero-order valence-corrected chi connectivity index (χ0v) is 12.1. The van der Waals surface area contributed by atoms with Crippen LogP contribution in [-0.2, 0) is 0 Å². The number of carbonyl (C=O) groups excluding carboxylic acids is 1. The average Bonchev–Trinajstić information content (AvgIpc) is 2.99. The van der Waals surface area contributed by atoms with Crippen LogP contribution in [0.4, 0.5) is 9.18 Å². The van der Waals surface area contributed by atoms with Crippen LogP contribution < -0.4 is 10.6 Å². The first-order chi connectivity index (χ1) is 10.2. The van der Waals surface area contributed by atoms with E-state index in [1.165, 1.54) is 12.1 Å². The van der Waals surface area contributed by atoms with Gasteiger partial charge in [-0.1, -0.05) is 25.0 Å². The highest BCUT2D eigenvalue weighted by Crippen LogP contribution is 2.35. The number of aliphatic hydroxyl groups is 1. The van der Waals surface area contributed by atoms with Crippen molar-refractivity contribution >= 4 is 6.03 Å². The second-order valence-electron chi connectivity index (χ2n) is 5.55. The van der Waals surface area contributed by atoms with Gasteiger partial charge in [-0.3, -0.25) is 0 Å². The molecule has 1 aliphatic carbocycles. The molecule has 5 heteroatoms. The number of benzene rings is 1. The van der Waals surface area contributed by atoms with Gasteiger partial charge in [-0.05, 0) is 42.9 Å². The molecule has 0 radical (unpaired) electrons. The quantitative estimate of drug-likeness (QED) is 0.706. The summed E-state index contributed by atoms with van der Waals surface area (Å²) in [6.45, 7) is 0.485. The maximum absolute atomic E-state index is 13.4. The van der Waals surface area contributed by atoms with Gasteiger partial charge in [-0.15, -0.1) is 0 Å². The Hall–Kier alpha value is -1.62. The van der Waals surface area contributed by atoms with Gasteiger partial charge in [-0.25, -0.2) is 9.18 Å². The molecule has 4 nitrogen and oxygen atoms in total. The molecule has 1 aliphatic rings. The first kappa shape index (κ1) is 15.8. The number of halogens is 1. The highest BCUT2D eigenvalue weighted by molar-refractivity contribution is 5.74. The van der Waals surface area contributed by atoms with Crippen LogP contribution >= 0.6 is 0 Å². The molecular weight excluding hydrogens is 271 g/mol. The molecule has 0 bridgehead atoms. The number of urea groups is 1. The van der Waals surface area contributed by atoms with Crippen LogP contribution in [0.2, 0.25) is 0 Å². The Labute approximate surface area is 124 Å². The van der Waals surface area contributed by atoms with Gasteiger partial charge in [0.25, 0.3) is 0 Å². The van der Waals surface area contributed by atoms with Gasteiger partial charge in [0.15, 0.2) is 0 Å². The molecule has 0 saturated heterocycles. The summed E-state index contributed by atoms with van der Waals surface area (Å²) in [5.74, 6) is 0.0772. The summed E-state index contributed by atoms with van der Waals surface area (Å²) in [5, 5.41) is 14.4. The van der Waals surface area contributed by atoms with E-state index in [1.807, 2.05) is 6.07 Å². The largest absolute Gasteiger partial charge is 0.396 e. The second-order valence-corrected chi connectivity index (χ2v) is 5.55. The van der Waals surface area contributed by atoms with Crippen molar-refractivity contribution < 1.29 is 14.3 Å². The highest BCUT2D eigenvalue weighted by Gasteiger charge is 2.27. The van der Waals surface area contributed by atoms with Crippen molar-refractivity contribution in [3.63, 3.8) is 0 Å². The molecule has 1 saturated carbocycles. The third-order valence-corrected chi connectivity index (χ3v) is 3.99. The number of rotatable bonds is 6. The maximum atomic E-state index is 13.4. The van der Waals surface area contributed by atoms with Crippen molar-refractivity contribution in [1.82, 2.24) is 10.6 Å². The predicted molar refractivity (Wildman–Crippen MR) is 79.3 cm³/mol. The highest BCUT2D eigenvalue weighted by atomic mass is 19.1. The first-order valence-electron chi connectivity index (χ1n) is 7.61. The minimum atomic E-state index is -0.280. The van der Waals surface area contributed by atoms with E-state index in [4.69, 9.17) is 5.11 Å². The molecule has 1 aromatic rings. The van der Waals surface area contributed by atoms with Crippen LogP contribution in [0.3, 0.4) is 0 Å². The molecule has 21 heavy (non-hydrogen) atoms. The molecule has 1 aromatic carbocycles. The summed E-state index contributed by atoms with van der Waals surface area (Å²) in [5.41, 5.74) is 0.819. The summed E-state index contributed by atoms with van der Waals surface area (Å²) in [6.07, 6.45) is 4.95. The van der Waals surface area contributed by atoms with Crippen molar-refractivity contribution in [2.45, 2.75) is 38.1 Å². The average molecular weight is 294 g/mol. The Kier molecular flexibility index (Phi) is 5.99. The van der Waals surface area contributed by atoms with Crippen molar-refractivity contribution in [1.29, 1.82) is 0 Å². The maximum Gasteiger partial charge on any atom is 0.315 e. The Morgan fingerprint density at radius 3 is 2.81 bits per heavy atom. The van der Waals surface area contributed by atoms with Crippen LogP contribution in [0.1, 0.15) is 43.7 Å². The number of amides is 2. The van der Waals surface area contributed by atoms with Crippen LogP contribution in [-0.4, -0.2) is 24.3 Å². The summed E-state index contributed by atoms with van der Waals surface area (Å²) < 4.78 is 13.4. The summed E-state index contributed by atoms with van der Waals surface area (Å²) in [7, 11) is 0. The van der Waals surface area contributed by atoms with E-state index in [9.17, 15) is 9.18 Å². The molecule has 0 aromatic heterocycles. The van der Waals surface area contributed by atoms with E-state index < -0.39 is 0 Å². The first-order valence-corrected chi connectivity index (χ1v) is 7.61. The van der Waals surface area contributed by atoms with Gasteiger partial charge in [0.2, 0.25) is 0 Å². The minimum absolute atomic E-state index is 0.0518. The van der Waals surface area contributed by atoms with E-state index in [-0.39, 0.29) is 24.5 Å². The lowest BCUT2D eigenvalue weighted by molar-refractivity contribution is 0.228. The number of carbonyl (C=O) groups is 1. The van der Waals surface area contributed by atoms with Crippen LogP contribution in [0.15, 0.2) is 24.3 Å². The minimum Gasteiger partial charge on any atom is -0.396 e. The Balaban J connectivity index is 2.03. The molecular formula is C16H23FN2O2. The topological polar surface area (TPSA) is 61.4 Å². The molecule has 0 aliphatic heterocycles. The van der Waals surface area contributed by atoms with E-state index in [2.05, 4.69) is 10.6 Å². The standard InChI is InChI=1S/C16H23FN2O2/c17-14-8-3-7-13(11-14)15(12-5-1-2-6-12)19-16(21)18-9-4-10-20/h3,7-8,11-12,15,20H,1-2,4-6,9-10H2,(H2,18,19,21). The number of hydrogen-bond acceptors (Lipinski definition) is 2. The van der Waals surface area contributed by atoms with Gasteiger partial charge in [0.05, 0.1) is 6.04 Å². The molecule has 1 fully saturated rings. The van der Waals surface area contributed by atoms with E-state index in [0.717, 1.165) is 31.2 Å². The Morgan fingerprint density at radius 1 is 1.38 bits per heavy atom. The van der Waals surface area contributed by atoms with Crippen LogP contribution in [0.25, 0.3) is 0 Å². The Morgan fingerprint density at radius 2 is 2.14 bits per heavy atom. The lowest BCUT2D eigenvalue weighted by Gasteiger charge is -2.25. The third-order valence-electron chi connectivity index (χ3n) is 3.99. The zero-order chi connectivity index (χ0) is 15.1. The van der Waals surface area contributed by atoms with E-state index >= 15 is 0 Å². The van der Waals surface area contributed by atoms with Crippen LogP contribution in [0, 0.1) is 11.7 Å². The zero-order valence-electron chi connectivity index (χ0n) is 12.1. The van der Waals surface area contributed by atoms with Crippen molar-refractivity contribution in [3.05, 3.63) is 35.6 Å². The fourth-order valence-corrected chi connectivity index (χ4v) is 2.94. The lowest BCUT2D eigenvalue weighted by atomic mass is 9.91. The molecule has 3 N–H and O–H groups in total. The normalized spacial score (nSPS) is 16.7. The second kappa shape index (κ2) is 7.98. The third kappa shape index (κ3) is 4.70. The molecule has 0 heterocycles. The monoisotopic (exact) mass is 294 g/mol. The molecule has 116 valence electrons. The van der Waals surface area contributed by atoms with Gasteiger partial charge >= 0.3 is 6.03 Å². The lowest BCUT2D eigenvalue weighted by Crippen LogP contribution is -2.40. The van der Waals surface area contributed by atoms with E-state index in [1.54, 1.807) is 6.07 Å². The smallest absolute Gasteiger partial charge is 0.315 e. The van der Waals surface area contributed by atoms with Crippen molar-refractivity contribution in [2.75, 3.05) is 13.2 Å². The molecule has 1 atom stereocenters. The summed E-state index contributed by atoms with van der Waals surface area (Å²) >= 11 is 0. The predicted octanol–water partition coefficient (Wildman–Crippen LogP) is 2.74. The van der Waals surface area contributed by atoms with Gasteiger partial charge in [0, 0.05) is 13.2 Å². The van der Waals surface area contributed by atoms with Gasteiger partial charge in [-0.2, -0.15) is 0 Å². The molecule has 1 unspecified atom stereocenters. The van der Waals surface area contributed by atoms with Crippen molar-refractivity contribution in [2.24, 2.45) is 5.92 Å². The summed E-state index contributed by atoms with van der Waals surface area (Å²) in [6, 6.07) is 6.04. The Bertz CT molecular complexity index is 461. The van der Waals surface area contributed by atoms with Crippen LogP contribution in [0.5, 0.6) is 0 Å². The molecule has 2 amide bonds. The van der Waals surface area contributed by atoms with Crippen molar-refractivity contribution in [3.8, 4) is 0 Å². The fraction of sp³-hybridized carbons (Fsp3) is 0.562. The van der Waals surface area contributed by atoms with Gasteiger partial charge < -0.3 is 15.7 Å². The number of hydrogen-bond donors (Lipinski definition) is 3. The molecule has 0 spiro atoms.